The van der Waals surface area contributed by atoms with Gasteiger partial charge in [0.05, 0.1) is 6.61 Å². The fourth-order valence-electron chi connectivity index (χ4n) is 1.98. The van der Waals surface area contributed by atoms with Crippen LogP contribution in [-0.4, -0.2) is 28.9 Å². The summed E-state index contributed by atoms with van der Waals surface area (Å²) in [5.41, 5.74) is 1.51. The molecule has 1 aromatic carbocycles. The first-order valence-electron chi connectivity index (χ1n) is 5.96. The molecular formula is C13H14F2N2O2. The van der Waals surface area contributed by atoms with Gasteiger partial charge in [0.15, 0.2) is 6.04 Å². The van der Waals surface area contributed by atoms with E-state index in [4.69, 9.17) is 0 Å². The number of aromatic amines is 1. The predicted octanol–water partition coefficient (Wildman–Crippen LogP) is 2.71. The van der Waals surface area contributed by atoms with E-state index in [1.165, 1.54) is 0 Å². The zero-order valence-electron chi connectivity index (χ0n) is 10.4. The minimum Gasteiger partial charge on any atom is -0.465 e. The average Bonchev–Trinajstić information content (AvgIpc) is 2.79. The quantitative estimate of drug-likeness (QED) is 0.670. The first-order valence-corrected chi connectivity index (χ1v) is 5.96. The summed E-state index contributed by atoms with van der Waals surface area (Å²) in [5.74, 6) is -0.919. The van der Waals surface area contributed by atoms with Gasteiger partial charge in [0.2, 0.25) is 0 Å². The second-order valence-corrected chi connectivity index (χ2v) is 4.09. The van der Waals surface area contributed by atoms with Crippen LogP contribution in [0.25, 0.3) is 10.9 Å². The largest absolute Gasteiger partial charge is 0.465 e. The second kappa shape index (κ2) is 5.79. The number of H-pyrrole nitrogens is 1. The molecule has 0 aliphatic heterocycles. The molecule has 1 N–H and O–H groups in total. The van der Waals surface area contributed by atoms with Crippen LogP contribution in [0.2, 0.25) is 0 Å². The Kier molecular flexibility index (Phi) is 4.11. The van der Waals surface area contributed by atoms with Crippen LogP contribution in [0.15, 0.2) is 30.5 Å². The fourth-order valence-corrected chi connectivity index (χ4v) is 1.98. The lowest BCUT2D eigenvalue weighted by Crippen LogP contribution is -2.34. The fraction of sp³-hybridized carbons (Fsp3) is 0.308. The Balaban J connectivity index is 2.24. The van der Waals surface area contributed by atoms with Gasteiger partial charge in [-0.25, -0.2) is 0 Å². The topological polar surface area (TPSA) is 45.3 Å². The molecule has 6 heteroatoms. The molecule has 0 saturated carbocycles. The molecule has 2 aromatic rings. The Morgan fingerprint density at radius 3 is 2.84 bits per heavy atom. The van der Waals surface area contributed by atoms with Crippen molar-refractivity contribution in [3.63, 3.8) is 0 Å². The smallest absolute Gasteiger partial charge is 0.329 e. The normalized spacial score (nSPS) is 12.8. The molecule has 0 amide bonds. The summed E-state index contributed by atoms with van der Waals surface area (Å²) in [7, 11) is 0. The molecule has 1 unspecified atom stereocenters. The van der Waals surface area contributed by atoms with E-state index in [9.17, 15) is 13.8 Å². The molecular weight excluding hydrogens is 254 g/mol. The molecule has 4 nitrogen and oxygen atoms in total. The minimum atomic E-state index is -1.58. The number of para-hydroxylation sites is 1. The molecule has 0 aliphatic rings. The van der Waals surface area contributed by atoms with E-state index in [0.29, 0.717) is 5.56 Å². The number of carbonyl (C=O) groups excluding carboxylic acids is 1. The molecule has 0 saturated heterocycles. The molecule has 0 aliphatic carbocycles. The van der Waals surface area contributed by atoms with Crippen LogP contribution in [0, 0.1) is 0 Å². The highest BCUT2D eigenvalue weighted by atomic mass is 19.4. The van der Waals surface area contributed by atoms with Crippen molar-refractivity contribution in [1.82, 2.24) is 10.3 Å². The predicted molar refractivity (Wildman–Crippen MR) is 66.5 cm³/mol. The van der Waals surface area contributed by atoms with Crippen molar-refractivity contribution in [2.75, 3.05) is 6.61 Å². The molecule has 1 heterocycles. The summed E-state index contributed by atoms with van der Waals surface area (Å²) in [6.07, 6.45) is 1.54. The Bertz CT molecular complexity index is 569. The molecule has 2 rings (SSSR count). The van der Waals surface area contributed by atoms with Gasteiger partial charge >= 0.3 is 5.97 Å². The summed E-state index contributed by atoms with van der Waals surface area (Å²) in [6.45, 7) is 1.67. The number of aromatic nitrogens is 1. The van der Waals surface area contributed by atoms with Crippen molar-refractivity contribution < 1.29 is 18.5 Å². The average molecular weight is 268 g/mol. The third-order valence-electron chi connectivity index (χ3n) is 2.88. The number of carbonyl (C=O) groups is 1. The van der Waals surface area contributed by atoms with E-state index >= 15 is 0 Å². The van der Waals surface area contributed by atoms with Crippen molar-refractivity contribution in [3.8, 4) is 0 Å². The number of ether oxygens (including phenoxy) is 1. The Morgan fingerprint density at radius 1 is 1.42 bits per heavy atom. The van der Waals surface area contributed by atoms with Gasteiger partial charge in [0.25, 0.3) is 0 Å². The van der Waals surface area contributed by atoms with E-state index < -0.39 is 17.4 Å². The lowest BCUT2D eigenvalue weighted by molar-refractivity contribution is -0.204. The number of nitrogens with one attached hydrogen (secondary N) is 1. The van der Waals surface area contributed by atoms with Gasteiger partial charge < -0.3 is 9.72 Å². The van der Waals surface area contributed by atoms with Crippen LogP contribution in [0.3, 0.4) is 0 Å². The number of halogens is 2. The SMILES string of the molecule is CCOC(=O)C(Cc1c[nH]c2ccccc12)N(F)F. The highest BCUT2D eigenvalue weighted by Crippen LogP contribution is 2.21. The van der Waals surface area contributed by atoms with Crippen LogP contribution < -0.4 is 0 Å². The van der Waals surface area contributed by atoms with Crippen LogP contribution in [0.4, 0.5) is 8.96 Å². The zero-order valence-corrected chi connectivity index (χ0v) is 10.4. The third-order valence-corrected chi connectivity index (χ3v) is 2.88. The highest BCUT2D eigenvalue weighted by molar-refractivity contribution is 5.84. The van der Waals surface area contributed by atoms with Crippen molar-refractivity contribution in [3.05, 3.63) is 36.0 Å². The van der Waals surface area contributed by atoms with E-state index in [2.05, 4.69) is 9.72 Å². The maximum absolute atomic E-state index is 12.8. The van der Waals surface area contributed by atoms with Gasteiger partial charge in [0, 0.05) is 28.9 Å². The van der Waals surface area contributed by atoms with E-state index in [1.807, 2.05) is 24.3 Å². The lowest BCUT2D eigenvalue weighted by atomic mass is 10.1. The van der Waals surface area contributed by atoms with E-state index in [0.717, 1.165) is 10.9 Å². The van der Waals surface area contributed by atoms with Gasteiger partial charge in [-0.05, 0) is 18.6 Å². The number of fused-ring (bicyclic) bond motifs is 1. The maximum Gasteiger partial charge on any atom is 0.329 e. The maximum atomic E-state index is 12.8. The minimum absolute atomic E-state index is 0.0804. The summed E-state index contributed by atoms with van der Waals surface area (Å²) in [5, 5.41) is -0.265. The van der Waals surface area contributed by atoms with Crippen molar-refractivity contribution >= 4 is 16.9 Å². The number of nitrogens with zero attached hydrogens (tertiary/aromatic N) is 1. The molecule has 0 radical (unpaired) electrons. The van der Waals surface area contributed by atoms with Crippen molar-refractivity contribution in [2.24, 2.45) is 0 Å². The Labute approximate surface area is 108 Å². The molecule has 1 atom stereocenters. The summed E-state index contributed by atoms with van der Waals surface area (Å²) in [4.78, 5) is 14.5. The van der Waals surface area contributed by atoms with E-state index in [1.54, 1.807) is 13.1 Å². The molecule has 1 aromatic heterocycles. The van der Waals surface area contributed by atoms with Crippen LogP contribution in [0.1, 0.15) is 12.5 Å². The van der Waals surface area contributed by atoms with Gasteiger partial charge in [-0.3, -0.25) is 4.79 Å². The number of esters is 1. The summed E-state index contributed by atoms with van der Waals surface area (Å²) < 4.78 is 30.2. The first kappa shape index (κ1) is 13.5. The number of benzene rings is 1. The van der Waals surface area contributed by atoms with Crippen molar-refractivity contribution in [2.45, 2.75) is 19.4 Å². The van der Waals surface area contributed by atoms with Crippen LogP contribution in [0.5, 0.6) is 0 Å². The molecule has 102 valence electrons. The van der Waals surface area contributed by atoms with Gasteiger partial charge in [-0.2, -0.15) is 0 Å². The number of hydrogen-bond donors (Lipinski definition) is 1. The molecule has 0 spiro atoms. The zero-order chi connectivity index (χ0) is 13.8. The monoisotopic (exact) mass is 268 g/mol. The standard InChI is InChI=1S/C13H14F2N2O2/c1-2-19-13(18)12(17(14)15)7-9-8-16-11-6-4-3-5-10(9)11/h3-6,8,12,16H,2,7H2,1H3. The summed E-state index contributed by atoms with van der Waals surface area (Å²) >= 11 is 0. The van der Waals surface area contributed by atoms with Crippen LogP contribution >= 0.6 is 0 Å². The van der Waals surface area contributed by atoms with Crippen LogP contribution in [-0.2, 0) is 16.0 Å². The van der Waals surface area contributed by atoms with Gasteiger partial charge in [0.1, 0.15) is 0 Å². The van der Waals surface area contributed by atoms with E-state index in [-0.39, 0.29) is 13.0 Å². The first-order chi connectivity index (χ1) is 9.13. The van der Waals surface area contributed by atoms with Crippen molar-refractivity contribution in [1.29, 1.82) is 0 Å². The number of hydrogen-bond acceptors (Lipinski definition) is 3. The number of rotatable bonds is 5. The lowest BCUT2D eigenvalue weighted by Gasteiger charge is -2.14. The Hall–Kier alpha value is -1.95. The summed E-state index contributed by atoms with van der Waals surface area (Å²) in [6, 6.07) is 5.76. The molecule has 0 fully saturated rings. The van der Waals surface area contributed by atoms with Gasteiger partial charge in [-0.1, -0.05) is 18.2 Å². The second-order valence-electron chi connectivity index (χ2n) is 4.09. The molecule has 19 heavy (non-hydrogen) atoms. The van der Waals surface area contributed by atoms with Gasteiger partial charge in [-0.15, -0.1) is 8.96 Å². The Morgan fingerprint density at radius 2 is 2.16 bits per heavy atom. The highest BCUT2D eigenvalue weighted by Gasteiger charge is 2.29. The molecule has 0 bridgehead atoms. The third kappa shape index (κ3) is 2.90.